The van der Waals surface area contributed by atoms with Gasteiger partial charge in [-0.15, -0.1) is 0 Å². The number of aliphatic carboxylic acids is 1. The Hall–Kier alpha value is -1.53. The van der Waals surface area contributed by atoms with Gasteiger partial charge in [0.2, 0.25) is 0 Å². The first-order chi connectivity index (χ1) is 8.99. The standard InChI is InChI=1S/C13H14BrNO4/c1-6-3-8-11(14)7(9(5-15)13(16)17)4-10(18-2)12(8)19-6/h3-4,9H,5,15H2,1-2H3,(H,16,17). The van der Waals surface area contributed by atoms with Crippen LogP contribution in [0.1, 0.15) is 17.2 Å². The van der Waals surface area contributed by atoms with Crippen LogP contribution < -0.4 is 10.5 Å². The number of fused-ring (bicyclic) bond motifs is 1. The van der Waals surface area contributed by atoms with Gasteiger partial charge >= 0.3 is 5.97 Å². The SMILES string of the molecule is COc1cc(C(CN)C(=O)O)c(Br)c2cc(C)oc12. The minimum absolute atomic E-state index is 0.0133. The summed E-state index contributed by atoms with van der Waals surface area (Å²) < 4.78 is 11.5. The summed E-state index contributed by atoms with van der Waals surface area (Å²) in [7, 11) is 1.52. The van der Waals surface area contributed by atoms with Crippen LogP contribution in [0.4, 0.5) is 0 Å². The average molecular weight is 328 g/mol. The minimum Gasteiger partial charge on any atom is -0.493 e. The fourth-order valence-corrected chi connectivity index (χ4v) is 2.74. The molecule has 0 fully saturated rings. The Bertz CT molecular complexity index is 635. The van der Waals surface area contributed by atoms with Crippen molar-refractivity contribution in [1.82, 2.24) is 0 Å². The summed E-state index contributed by atoms with van der Waals surface area (Å²) in [5.41, 5.74) is 6.73. The molecule has 0 amide bonds. The number of hydrogen-bond acceptors (Lipinski definition) is 4. The molecule has 0 saturated carbocycles. The molecule has 2 rings (SSSR count). The lowest BCUT2D eigenvalue weighted by atomic mass is 9.97. The molecule has 5 nitrogen and oxygen atoms in total. The highest BCUT2D eigenvalue weighted by molar-refractivity contribution is 9.10. The maximum absolute atomic E-state index is 11.3. The van der Waals surface area contributed by atoms with Crippen LogP contribution in [-0.2, 0) is 4.79 Å². The van der Waals surface area contributed by atoms with Crippen molar-refractivity contribution in [3.8, 4) is 5.75 Å². The van der Waals surface area contributed by atoms with Crippen molar-refractivity contribution in [2.24, 2.45) is 5.73 Å². The molecule has 0 saturated heterocycles. The highest BCUT2D eigenvalue weighted by Gasteiger charge is 2.24. The molecule has 19 heavy (non-hydrogen) atoms. The molecule has 0 radical (unpaired) electrons. The van der Waals surface area contributed by atoms with Crippen molar-refractivity contribution in [2.45, 2.75) is 12.8 Å². The smallest absolute Gasteiger partial charge is 0.312 e. The second kappa shape index (κ2) is 5.22. The fraction of sp³-hybridized carbons (Fsp3) is 0.308. The summed E-state index contributed by atoms with van der Waals surface area (Å²) in [6.07, 6.45) is 0. The van der Waals surface area contributed by atoms with E-state index in [0.717, 1.165) is 11.1 Å². The van der Waals surface area contributed by atoms with E-state index in [9.17, 15) is 9.90 Å². The third-order valence-corrected chi connectivity index (χ3v) is 3.87. The zero-order chi connectivity index (χ0) is 14.2. The number of halogens is 1. The highest BCUT2D eigenvalue weighted by atomic mass is 79.9. The minimum atomic E-state index is -0.968. The maximum atomic E-state index is 11.3. The third kappa shape index (κ3) is 2.33. The summed E-state index contributed by atoms with van der Waals surface area (Å²) in [5, 5.41) is 10.0. The first-order valence-corrected chi connectivity index (χ1v) is 6.48. The molecule has 2 aromatic rings. The Morgan fingerprint density at radius 3 is 2.79 bits per heavy atom. The normalized spacial score (nSPS) is 12.6. The second-order valence-electron chi connectivity index (χ2n) is 4.21. The van der Waals surface area contributed by atoms with Gasteiger partial charge in [-0.2, -0.15) is 0 Å². The monoisotopic (exact) mass is 327 g/mol. The molecule has 3 N–H and O–H groups in total. The van der Waals surface area contributed by atoms with Crippen molar-refractivity contribution in [3.05, 3.63) is 27.9 Å². The maximum Gasteiger partial charge on any atom is 0.312 e. The molecule has 1 heterocycles. The van der Waals surface area contributed by atoms with Gasteiger partial charge in [-0.05, 0) is 40.5 Å². The van der Waals surface area contributed by atoms with Crippen molar-refractivity contribution >= 4 is 32.9 Å². The van der Waals surface area contributed by atoms with Crippen LogP contribution in [0.25, 0.3) is 11.0 Å². The Labute approximate surface area is 118 Å². The van der Waals surface area contributed by atoms with Crippen LogP contribution in [0, 0.1) is 6.92 Å². The number of benzene rings is 1. The van der Waals surface area contributed by atoms with Crippen LogP contribution in [0.3, 0.4) is 0 Å². The molecule has 1 aromatic heterocycles. The lowest BCUT2D eigenvalue weighted by Crippen LogP contribution is -2.21. The van der Waals surface area contributed by atoms with E-state index in [1.807, 2.05) is 13.0 Å². The van der Waals surface area contributed by atoms with E-state index in [4.69, 9.17) is 14.9 Å². The van der Waals surface area contributed by atoms with Gasteiger partial charge in [-0.1, -0.05) is 0 Å². The summed E-state index contributed by atoms with van der Waals surface area (Å²) in [6.45, 7) is 1.84. The summed E-state index contributed by atoms with van der Waals surface area (Å²) in [4.78, 5) is 11.3. The van der Waals surface area contributed by atoms with Gasteiger partial charge in [0.05, 0.1) is 13.0 Å². The van der Waals surface area contributed by atoms with Gasteiger partial charge in [0.1, 0.15) is 5.76 Å². The van der Waals surface area contributed by atoms with Gasteiger partial charge in [0, 0.05) is 16.4 Å². The second-order valence-corrected chi connectivity index (χ2v) is 5.00. The molecule has 0 aliphatic carbocycles. The molecule has 0 spiro atoms. The predicted molar refractivity (Wildman–Crippen MR) is 74.6 cm³/mol. The molecule has 0 bridgehead atoms. The first kappa shape index (κ1) is 13.9. The van der Waals surface area contributed by atoms with Crippen molar-refractivity contribution < 1.29 is 19.1 Å². The van der Waals surface area contributed by atoms with Crippen molar-refractivity contribution in [3.63, 3.8) is 0 Å². The van der Waals surface area contributed by atoms with Crippen LogP contribution in [0.15, 0.2) is 21.0 Å². The van der Waals surface area contributed by atoms with E-state index in [1.54, 1.807) is 6.07 Å². The number of nitrogens with two attached hydrogens (primary N) is 1. The van der Waals surface area contributed by atoms with E-state index in [-0.39, 0.29) is 6.54 Å². The molecule has 1 unspecified atom stereocenters. The van der Waals surface area contributed by atoms with E-state index in [1.165, 1.54) is 7.11 Å². The number of rotatable bonds is 4. The number of hydrogen-bond donors (Lipinski definition) is 2. The fourth-order valence-electron chi connectivity index (χ4n) is 2.05. The predicted octanol–water partition coefficient (Wildman–Crippen LogP) is 2.64. The van der Waals surface area contributed by atoms with Gasteiger partial charge in [0.15, 0.2) is 11.3 Å². The highest BCUT2D eigenvalue weighted by Crippen LogP contribution is 2.39. The van der Waals surface area contributed by atoms with Crippen LogP contribution >= 0.6 is 15.9 Å². The molecule has 6 heteroatoms. The number of methoxy groups -OCH3 is 1. The molecule has 1 aromatic carbocycles. The van der Waals surface area contributed by atoms with Crippen molar-refractivity contribution in [1.29, 1.82) is 0 Å². The number of carboxylic acids is 1. The van der Waals surface area contributed by atoms with Gasteiger partial charge in [-0.25, -0.2) is 0 Å². The number of ether oxygens (including phenoxy) is 1. The lowest BCUT2D eigenvalue weighted by molar-refractivity contribution is -0.138. The molecular weight excluding hydrogens is 314 g/mol. The molecule has 0 aliphatic rings. The largest absolute Gasteiger partial charge is 0.493 e. The summed E-state index contributed by atoms with van der Waals surface area (Å²) >= 11 is 3.43. The summed E-state index contributed by atoms with van der Waals surface area (Å²) in [5.74, 6) is -0.528. The molecule has 0 aliphatic heterocycles. The molecule has 102 valence electrons. The quantitative estimate of drug-likeness (QED) is 0.901. The average Bonchev–Trinajstić information content (AvgIpc) is 2.75. The Kier molecular flexibility index (Phi) is 3.82. The van der Waals surface area contributed by atoms with Crippen molar-refractivity contribution in [2.75, 3.05) is 13.7 Å². The van der Waals surface area contributed by atoms with Crippen LogP contribution in [0.5, 0.6) is 5.75 Å². The number of furan rings is 1. The Morgan fingerprint density at radius 1 is 1.58 bits per heavy atom. The molecular formula is C13H14BrNO4. The van der Waals surface area contributed by atoms with E-state index < -0.39 is 11.9 Å². The topological polar surface area (TPSA) is 85.7 Å². The van der Waals surface area contributed by atoms with E-state index >= 15 is 0 Å². The Morgan fingerprint density at radius 2 is 2.26 bits per heavy atom. The van der Waals surface area contributed by atoms with Gasteiger partial charge < -0.3 is 20.0 Å². The zero-order valence-corrected chi connectivity index (χ0v) is 12.2. The summed E-state index contributed by atoms with van der Waals surface area (Å²) in [6, 6.07) is 3.49. The van der Waals surface area contributed by atoms with Gasteiger partial charge in [0.25, 0.3) is 0 Å². The third-order valence-electron chi connectivity index (χ3n) is 2.98. The number of carboxylic acid groups (broad SMARTS) is 1. The lowest BCUT2D eigenvalue weighted by Gasteiger charge is -2.14. The number of carbonyl (C=O) groups is 1. The van der Waals surface area contributed by atoms with Crippen LogP contribution in [0.2, 0.25) is 0 Å². The van der Waals surface area contributed by atoms with Gasteiger partial charge in [-0.3, -0.25) is 4.79 Å². The van der Waals surface area contributed by atoms with Crippen LogP contribution in [-0.4, -0.2) is 24.7 Å². The molecule has 1 atom stereocenters. The zero-order valence-electron chi connectivity index (χ0n) is 10.6. The van der Waals surface area contributed by atoms with E-state index in [2.05, 4.69) is 15.9 Å². The van der Waals surface area contributed by atoms with E-state index in [0.29, 0.717) is 21.4 Å². The number of aryl methyl sites for hydroxylation is 1. The Balaban J connectivity index is 2.74. The first-order valence-electron chi connectivity index (χ1n) is 5.69.